The van der Waals surface area contributed by atoms with Crippen LogP contribution in [0.2, 0.25) is 5.02 Å². The Morgan fingerprint density at radius 2 is 2.08 bits per heavy atom. The maximum atomic E-state index is 14.9. The number of rotatable bonds is 4. The molecule has 0 radical (unpaired) electrons. The van der Waals surface area contributed by atoms with Crippen molar-refractivity contribution in [2.45, 2.75) is 44.6 Å². The Bertz CT molecular complexity index is 794. The number of aliphatic hydroxyl groups is 2. The number of ether oxygens (including phenoxy) is 2. The second-order valence-electron chi connectivity index (χ2n) is 6.20. The maximum absolute atomic E-state index is 14.9. The number of nitrogens with one attached hydrogen (secondary N) is 1. The van der Waals surface area contributed by atoms with Crippen LogP contribution < -0.4 is 11.2 Å². The molecule has 1 aromatic rings. The highest BCUT2D eigenvalue weighted by Gasteiger charge is 2.63. The van der Waals surface area contributed by atoms with Crippen LogP contribution in [-0.4, -0.2) is 50.4 Å². The van der Waals surface area contributed by atoms with Gasteiger partial charge < -0.3 is 19.7 Å². The number of nitrogens with zero attached hydrogens (tertiary/aromatic N) is 1. The lowest BCUT2D eigenvalue weighted by Gasteiger charge is -2.30. The van der Waals surface area contributed by atoms with Gasteiger partial charge in [0.1, 0.15) is 17.2 Å². The third-order valence-electron chi connectivity index (χ3n) is 3.93. The van der Waals surface area contributed by atoms with Gasteiger partial charge in [-0.3, -0.25) is 19.1 Å². The highest BCUT2D eigenvalue weighted by molar-refractivity contribution is 6.30. The van der Waals surface area contributed by atoms with Crippen LogP contribution >= 0.6 is 11.6 Å². The predicted octanol–water partition coefficient (Wildman–Crippen LogP) is -0.520. The number of hydrogen-bond donors (Lipinski definition) is 3. The predicted molar refractivity (Wildman–Crippen MR) is 82.7 cm³/mol. The monoisotopic (exact) mass is 380 g/mol. The standard InChI is InChI=1S/C14H18ClFN2O7/c1-6(2)11(22)24-5-14(16)9(20)8(19)13(3,25-14)18-4-7(15)10(21)17-12(18)23/h4,6,8-9,19-20H,5H2,1-3H3,(H,17,21,23)/t8-,9+,13-,14-/m1/s1. The molecule has 1 aliphatic rings. The Morgan fingerprint density at radius 1 is 1.48 bits per heavy atom. The Morgan fingerprint density at radius 3 is 2.64 bits per heavy atom. The molecular weight excluding hydrogens is 363 g/mol. The molecule has 1 saturated heterocycles. The van der Waals surface area contributed by atoms with Crippen LogP contribution in [0, 0.1) is 5.92 Å². The molecule has 0 bridgehead atoms. The first-order valence-corrected chi connectivity index (χ1v) is 7.74. The lowest BCUT2D eigenvalue weighted by atomic mass is 10.0. The van der Waals surface area contributed by atoms with Gasteiger partial charge in [0.05, 0.1) is 5.92 Å². The number of carbonyl (C=O) groups is 1. The number of hydrogen-bond acceptors (Lipinski definition) is 7. The summed E-state index contributed by atoms with van der Waals surface area (Å²) in [4.78, 5) is 36.7. The summed E-state index contributed by atoms with van der Waals surface area (Å²) in [7, 11) is 0. The molecule has 2 rings (SSSR count). The number of aromatic amines is 1. The molecule has 1 fully saturated rings. The second kappa shape index (κ2) is 6.52. The molecule has 0 spiro atoms. The van der Waals surface area contributed by atoms with Gasteiger partial charge in [-0.05, 0) is 6.92 Å². The smallest absolute Gasteiger partial charge is 0.330 e. The zero-order valence-electron chi connectivity index (χ0n) is 13.7. The van der Waals surface area contributed by atoms with Crippen LogP contribution in [-0.2, 0) is 20.0 Å². The maximum Gasteiger partial charge on any atom is 0.330 e. The van der Waals surface area contributed by atoms with E-state index in [1.165, 1.54) is 13.8 Å². The first kappa shape index (κ1) is 19.6. The number of H-pyrrole nitrogens is 1. The van der Waals surface area contributed by atoms with Gasteiger partial charge in [0.25, 0.3) is 11.4 Å². The Balaban J connectivity index is 2.38. The van der Waals surface area contributed by atoms with Crippen molar-refractivity contribution in [3.8, 4) is 0 Å². The first-order chi connectivity index (χ1) is 11.4. The molecule has 0 aliphatic carbocycles. The van der Waals surface area contributed by atoms with Crippen LogP contribution in [0.3, 0.4) is 0 Å². The summed E-state index contributed by atoms with van der Waals surface area (Å²) in [6.07, 6.45) is -3.20. The van der Waals surface area contributed by atoms with Gasteiger partial charge in [0, 0.05) is 6.20 Å². The molecule has 25 heavy (non-hydrogen) atoms. The molecule has 0 saturated carbocycles. The van der Waals surface area contributed by atoms with E-state index in [4.69, 9.17) is 21.1 Å². The summed E-state index contributed by atoms with van der Waals surface area (Å²) in [5, 5.41) is 19.8. The molecule has 0 amide bonds. The van der Waals surface area contributed by atoms with Crippen molar-refractivity contribution >= 4 is 17.6 Å². The van der Waals surface area contributed by atoms with E-state index >= 15 is 0 Å². The molecule has 0 aromatic carbocycles. The van der Waals surface area contributed by atoms with Gasteiger partial charge in [0.15, 0.2) is 12.3 Å². The van der Waals surface area contributed by atoms with Crippen molar-refractivity contribution in [3.05, 3.63) is 32.1 Å². The van der Waals surface area contributed by atoms with Gasteiger partial charge in [-0.25, -0.2) is 9.18 Å². The van der Waals surface area contributed by atoms with Crippen LogP contribution in [0.15, 0.2) is 15.8 Å². The Kier molecular flexibility index (Phi) is 5.11. The molecule has 11 heteroatoms. The number of halogens is 2. The van der Waals surface area contributed by atoms with E-state index < -0.39 is 58.6 Å². The summed E-state index contributed by atoms with van der Waals surface area (Å²) in [6, 6.07) is 0. The normalized spacial score (nSPS) is 32.2. The molecule has 9 nitrogen and oxygen atoms in total. The van der Waals surface area contributed by atoms with Crippen molar-refractivity contribution in [1.29, 1.82) is 0 Å². The van der Waals surface area contributed by atoms with Crippen molar-refractivity contribution in [1.82, 2.24) is 9.55 Å². The van der Waals surface area contributed by atoms with Crippen LogP contribution in [0.4, 0.5) is 4.39 Å². The third kappa shape index (κ3) is 3.34. The summed E-state index contributed by atoms with van der Waals surface area (Å²) in [6.45, 7) is 3.17. The van der Waals surface area contributed by atoms with Gasteiger partial charge >= 0.3 is 11.7 Å². The molecule has 4 atom stereocenters. The van der Waals surface area contributed by atoms with Crippen LogP contribution in [0.5, 0.6) is 0 Å². The minimum absolute atomic E-state index is 0.409. The molecule has 0 unspecified atom stereocenters. The average Bonchev–Trinajstić information content (AvgIpc) is 2.70. The number of alkyl halides is 1. The van der Waals surface area contributed by atoms with E-state index in [9.17, 15) is 29.0 Å². The number of esters is 1. The minimum Gasteiger partial charge on any atom is -0.459 e. The number of carbonyl (C=O) groups excluding carboxylic acids is 1. The van der Waals surface area contributed by atoms with Crippen molar-refractivity contribution in [3.63, 3.8) is 0 Å². The van der Waals surface area contributed by atoms with E-state index in [0.717, 1.165) is 13.1 Å². The van der Waals surface area contributed by atoms with E-state index in [0.29, 0.717) is 4.57 Å². The van der Waals surface area contributed by atoms with Crippen LogP contribution in [0.25, 0.3) is 0 Å². The van der Waals surface area contributed by atoms with Crippen molar-refractivity contribution in [2.24, 2.45) is 5.92 Å². The Labute approximate surface area is 145 Å². The molecule has 2 heterocycles. The number of aliphatic hydroxyl groups excluding tert-OH is 2. The van der Waals surface area contributed by atoms with Gasteiger partial charge in [-0.15, -0.1) is 0 Å². The fourth-order valence-electron chi connectivity index (χ4n) is 2.41. The quantitative estimate of drug-likeness (QED) is 0.599. The van der Waals surface area contributed by atoms with Gasteiger partial charge in [-0.1, -0.05) is 25.4 Å². The molecular formula is C14H18ClFN2O7. The summed E-state index contributed by atoms with van der Waals surface area (Å²) in [5.74, 6) is -4.25. The zero-order valence-corrected chi connectivity index (χ0v) is 14.4. The van der Waals surface area contributed by atoms with E-state index in [-0.39, 0.29) is 0 Å². The third-order valence-corrected chi connectivity index (χ3v) is 4.19. The lowest BCUT2D eigenvalue weighted by molar-refractivity contribution is -0.245. The van der Waals surface area contributed by atoms with Gasteiger partial charge in [0.2, 0.25) is 0 Å². The van der Waals surface area contributed by atoms with Gasteiger partial charge in [-0.2, -0.15) is 0 Å². The SMILES string of the molecule is CC(C)C(=O)OC[C@@]1(F)O[C@@](C)(n2cc(Cl)c(=O)[nH]c2=O)[C@H](O)[C@@H]1O. The summed E-state index contributed by atoms with van der Waals surface area (Å²) >= 11 is 5.65. The largest absolute Gasteiger partial charge is 0.459 e. The molecule has 1 aromatic heterocycles. The van der Waals surface area contributed by atoms with E-state index in [2.05, 4.69) is 0 Å². The summed E-state index contributed by atoms with van der Waals surface area (Å²) < 4.78 is 25.4. The summed E-state index contributed by atoms with van der Waals surface area (Å²) in [5.41, 5.74) is -4.02. The molecule has 1 aliphatic heterocycles. The van der Waals surface area contributed by atoms with Crippen molar-refractivity contribution < 1.29 is 28.9 Å². The minimum atomic E-state index is -2.97. The highest BCUT2D eigenvalue weighted by atomic mass is 35.5. The Hall–Kier alpha value is -1.75. The molecule has 140 valence electrons. The van der Waals surface area contributed by atoms with E-state index in [1.807, 2.05) is 4.98 Å². The highest BCUT2D eigenvalue weighted by Crippen LogP contribution is 2.42. The fourth-order valence-corrected chi connectivity index (χ4v) is 2.56. The fraction of sp³-hybridized carbons (Fsp3) is 0.643. The zero-order chi connectivity index (χ0) is 19.2. The topological polar surface area (TPSA) is 131 Å². The lowest BCUT2D eigenvalue weighted by Crippen LogP contribution is -2.49. The number of aromatic nitrogens is 2. The molecule has 3 N–H and O–H groups in total. The van der Waals surface area contributed by atoms with Crippen LogP contribution in [0.1, 0.15) is 20.8 Å². The first-order valence-electron chi connectivity index (χ1n) is 7.36. The van der Waals surface area contributed by atoms with Crippen molar-refractivity contribution in [2.75, 3.05) is 6.61 Å². The average molecular weight is 381 g/mol. The second-order valence-corrected chi connectivity index (χ2v) is 6.61. The van der Waals surface area contributed by atoms with E-state index in [1.54, 1.807) is 0 Å².